The second-order valence-corrected chi connectivity index (χ2v) is 7.05. The van der Waals surface area contributed by atoms with Gasteiger partial charge in [0, 0.05) is 62.2 Å². The standard InChI is InChI=1S/C21H23N5O/c1-16-4-5-18(13-24-16)21(27)26-11-2-3-19(15-26)20-23-10-12-25(20)14-17-6-8-22-9-7-17/h4-10,12-13,19H,2-3,11,14-15H2,1H3/t19-/m1/s1. The van der Waals surface area contributed by atoms with Crippen LogP contribution in [-0.2, 0) is 6.54 Å². The number of aromatic nitrogens is 4. The minimum absolute atomic E-state index is 0.0550. The molecule has 1 fully saturated rings. The second-order valence-electron chi connectivity index (χ2n) is 7.05. The molecule has 6 nitrogen and oxygen atoms in total. The molecule has 3 aromatic rings. The van der Waals surface area contributed by atoms with Crippen molar-refractivity contribution in [2.45, 2.75) is 32.2 Å². The van der Waals surface area contributed by atoms with Gasteiger partial charge in [-0.05, 0) is 49.6 Å². The van der Waals surface area contributed by atoms with Gasteiger partial charge in [0.15, 0.2) is 0 Å². The van der Waals surface area contributed by atoms with E-state index in [2.05, 4.69) is 19.5 Å². The van der Waals surface area contributed by atoms with E-state index in [0.29, 0.717) is 12.1 Å². The summed E-state index contributed by atoms with van der Waals surface area (Å²) in [6.45, 7) is 4.17. The third-order valence-corrected chi connectivity index (χ3v) is 5.08. The average Bonchev–Trinajstić information content (AvgIpc) is 3.17. The first kappa shape index (κ1) is 17.4. The van der Waals surface area contributed by atoms with Gasteiger partial charge in [-0.1, -0.05) is 0 Å². The van der Waals surface area contributed by atoms with Crippen molar-refractivity contribution in [1.29, 1.82) is 0 Å². The fraction of sp³-hybridized carbons (Fsp3) is 0.333. The molecule has 1 atom stereocenters. The van der Waals surface area contributed by atoms with Crippen LogP contribution in [-0.4, -0.2) is 43.4 Å². The van der Waals surface area contributed by atoms with E-state index < -0.39 is 0 Å². The predicted molar refractivity (Wildman–Crippen MR) is 102 cm³/mol. The molecule has 1 amide bonds. The van der Waals surface area contributed by atoms with Gasteiger partial charge in [0.05, 0.1) is 5.56 Å². The summed E-state index contributed by atoms with van der Waals surface area (Å²) in [4.78, 5) is 27.7. The van der Waals surface area contributed by atoms with E-state index in [0.717, 1.165) is 37.4 Å². The topological polar surface area (TPSA) is 63.9 Å². The molecular formula is C21H23N5O. The third kappa shape index (κ3) is 3.89. The van der Waals surface area contributed by atoms with Crippen LogP contribution in [0.3, 0.4) is 0 Å². The molecule has 6 heteroatoms. The molecule has 0 aromatic carbocycles. The van der Waals surface area contributed by atoms with Gasteiger partial charge in [-0.2, -0.15) is 0 Å². The quantitative estimate of drug-likeness (QED) is 0.716. The lowest BCUT2D eigenvalue weighted by Gasteiger charge is -2.32. The lowest BCUT2D eigenvalue weighted by Crippen LogP contribution is -2.39. The summed E-state index contributed by atoms with van der Waals surface area (Å²) in [7, 11) is 0. The number of nitrogens with zero attached hydrogens (tertiary/aromatic N) is 5. The van der Waals surface area contributed by atoms with Crippen molar-refractivity contribution >= 4 is 5.91 Å². The van der Waals surface area contributed by atoms with Gasteiger partial charge in [0.1, 0.15) is 5.82 Å². The maximum atomic E-state index is 12.9. The van der Waals surface area contributed by atoms with Crippen LogP contribution in [0.1, 0.15) is 46.2 Å². The van der Waals surface area contributed by atoms with Gasteiger partial charge in [-0.15, -0.1) is 0 Å². The molecule has 0 spiro atoms. The first-order valence-electron chi connectivity index (χ1n) is 9.32. The van der Waals surface area contributed by atoms with Crippen molar-refractivity contribution in [2.24, 2.45) is 0 Å². The Labute approximate surface area is 158 Å². The summed E-state index contributed by atoms with van der Waals surface area (Å²) in [5.41, 5.74) is 2.77. The molecule has 4 heterocycles. The Morgan fingerprint density at radius 1 is 1.15 bits per heavy atom. The molecule has 3 aromatic heterocycles. The highest BCUT2D eigenvalue weighted by Crippen LogP contribution is 2.27. The zero-order valence-corrected chi connectivity index (χ0v) is 15.5. The van der Waals surface area contributed by atoms with Crippen LogP contribution in [0.2, 0.25) is 0 Å². The highest BCUT2D eigenvalue weighted by atomic mass is 16.2. The van der Waals surface area contributed by atoms with E-state index in [9.17, 15) is 4.79 Å². The summed E-state index contributed by atoms with van der Waals surface area (Å²) < 4.78 is 2.18. The Morgan fingerprint density at radius 3 is 2.78 bits per heavy atom. The van der Waals surface area contributed by atoms with E-state index >= 15 is 0 Å². The van der Waals surface area contributed by atoms with Crippen LogP contribution in [0.15, 0.2) is 55.2 Å². The molecule has 138 valence electrons. The molecule has 1 aliphatic rings. The largest absolute Gasteiger partial charge is 0.338 e. The number of carbonyl (C=O) groups excluding carboxylic acids is 1. The van der Waals surface area contributed by atoms with Crippen molar-refractivity contribution in [3.8, 4) is 0 Å². The predicted octanol–water partition coefficient (Wildman–Crippen LogP) is 3.05. The molecule has 0 unspecified atom stereocenters. The van der Waals surface area contributed by atoms with Crippen molar-refractivity contribution < 1.29 is 4.79 Å². The molecule has 0 bridgehead atoms. The van der Waals surface area contributed by atoms with Crippen LogP contribution < -0.4 is 0 Å². The molecule has 0 saturated carbocycles. The van der Waals surface area contributed by atoms with Crippen LogP contribution >= 0.6 is 0 Å². The molecule has 1 saturated heterocycles. The highest BCUT2D eigenvalue weighted by molar-refractivity contribution is 5.94. The number of rotatable bonds is 4. The van der Waals surface area contributed by atoms with Crippen molar-refractivity contribution in [2.75, 3.05) is 13.1 Å². The molecule has 1 aliphatic heterocycles. The van der Waals surface area contributed by atoms with E-state index in [1.165, 1.54) is 5.56 Å². The normalized spacial score (nSPS) is 17.1. The summed E-state index contributed by atoms with van der Waals surface area (Å²) in [6, 6.07) is 7.78. The van der Waals surface area contributed by atoms with Crippen molar-refractivity contribution in [3.05, 3.63) is 77.9 Å². The number of hydrogen-bond acceptors (Lipinski definition) is 4. The number of amides is 1. The summed E-state index contributed by atoms with van der Waals surface area (Å²) in [6.07, 6.45) is 11.2. The molecule has 27 heavy (non-hydrogen) atoms. The lowest BCUT2D eigenvalue weighted by molar-refractivity contribution is 0.0703. The Morgan fingerprint density at radius 2 is 2.00 bits per heavy atom. The third-order valence-electron chi connectivity index (χ3n) is 5.08. The highest BCUT2D eigenvalue weighted by Gasteiger charge is 2.28. The fourth-order valence-electron chi connectivity index (χ4n) is 3.65. The molecule has 4 rings (SSSR count). The van der Waals surface area contributed by atoms with Gasteiger partial charge in [-0.3, -0.25) is 14.8 Å². The monoisotopic (exact) mass is 361 g/mol. The van der Waals surface area contributed by atoms with E-state index in [1.807, 2.05) is 60.9 Å². The van der Waals surface area contributed by atoms with Crippen LogP contribution in [0.4, 0.5) is 0 Å². The van der Waals surface area contributed by atoms with Gasteiger partial charge in [0.2, 0.25) is 0 Å². The number of hydrogen-bond donors (Lipinski definition) is 0. The minimum atomic E-state index is 0.0550. The summed E-state index contributed by atoms with van der Waals surface area (Å²) in [5.74, 6) is 1.35. The van der Waals surface area contributed by atoms with Gasteiger partial charge in [-0.25, -0.2) is 4.98 Å². The maximum Gasteiger partial charge on any atom is 0.255 e. The smallest absolute Gasteiger partial charge is 0.255 e. The van der Waals surface area contributed by atoms with Crippen LogP contribution in [0, 0.1) is 6.92 Å². The Hall–Kier alpha value is -3.02. The Kier molecular flexibility index (Phi) is 4.96. The second kappa shape index (κ2) is 7.70. The first-order valence-corrected chi connectivity index (χ1v) is 9.32. The lowest BCUT2D eigenvalue weighted by atomic mass is 9.96. The Balaban J connectivity index is 1.50. The molecular weight excluding hydrogens is 338 g/mol. The SMILES string of the molecule is Cc1ccc(C(=O)N2CCC[C@@H](c3nccn3Cc3ccncc3)C2)cn1. The molecule has 0 radical (unpaired) electrons. The van der Waals surface area contributed by atoms with E-state index in [4.69, 9.17) is 0 Å². The van der Waals surface area contributed by atoms with Crippen LogP contribution in [0.5, 0.6) is 0 Å². The average molecular weight is 361 g/mol. The summed E-state index contributed by atoms with van der Waals surface area (Å²) in [5, 5.41) is 0. The van der Waals surface area contributed by atoms with Crippen molar-refractivity contribution in [1.82, 2.24) is 24.4 Å². The number of carbonyl (C=O) groups is 1. The maximum absolute atomic E-state index is 12.9. The van der Waals surface area contributed by atoms with Gasteiger partial charge in [0.25, 0.3) is 5.91 Å². The van der Waals surface area contributed by atoms with Gasteiger partial charge >= 0.3 is 0 Å². The first-order chi connectivity index (χ1) is 13.2. The van der Waals surface area contributed by atoms with E-state index in [-0.39, 0.29) is 11.8 Å². The zero-order chi connectivity index (χ0) is 18.6. The molecule has 0 N–H and O–H groups in total. The number of piperidine rings is 1. The van der Waals surface area contributed by atoms with Crippen LogP contribution in [0.25, 0.3) is 0 Å². The van der Waals surface area contributed by atoms with E-state index in [1.54, 1.807) is 6.20 Å². The number of pyridine rings is 2. The molecule has 0 aliphatic carbocycles. The zero-order valence-electron chi connectivity index (χ0n) is 15.5. The summed E-state index contributed by atoms with van der Waals surface area (Å²) >= 11 is 0. The number of imidazole rings is 1. The number of likely N-dealkylation sites (tertiary alicyclic amines) is 1. The van der Waals surface area contributed by atoms with Crippen molar-refractivity contribution in [3.63, 3.8) is 0 Å². The fourth-order valence-corrected chi connectivity index (χ4v) is 3.65. The number of aryl methyl sites for hydroxylation is 1. The minimum Gasteiger partial charge on any atom is -0.338 e. The van der Waals surface area contributed by atoms with Gasteiger partial charge < -0.3 is 9.47 Å². The Bertz CT molecular complexity index is 904.